The van der Waals surface area contributed by atoms with Crippen molar-refractivity contribution in [3.8, 4) is 17.2 Å². The average molecular weight is 355 g/mol. The van der Waals surface area contributed by atoms with Gasteiger partial charge in [-0.05, 0) is 41.3 Å². The molecule has 5 heteroatoms. The van der Waals surface area contributed by atoms with Crippen LogP contribution in [0.5, 0.6) is 17.2 Å². The van der Waals surface area contributed by atoms with Crippen LogP contribution in [0, 0.1) is 0 Å². The van der Waals surface area contributed by atoms with E-state index in [1.54, 1.807) is 18.2 Å². The third-order valence-electron chi connectivity index (χ3n) is 4.18. The molecule has 5 nitrogen and oxygen atoms in total. The van der Waals surface area contributed by atoms with Crippen LogP contribution in [0.2, 0.25) is 0 Å². The van der Waals surface area contributed by atoms with E-state index in [1.165, 1.54) is 5.56 Å². The quantitative estimate of drug-likeness (QED) is 0.833. The molecule has 0 aromatic heterocycles. The van der Waals surface area contributed by atoms with Gasteiger partial charge in [0.05, 0.1) is 6.54 Å². The highest BCUT2D eigenvalue weighted by Gasteiger charge is 2.15. The zero-order chi connectivity index (χ0) is 18.6. The van der Waals surface area contributed by atoms with E-state index < -0.39 is 0 Å². The number of benzene rings is 2. The second kappa shape index (κ2) is 7.68. The molecule has 2 aromatic rings. The summed E-state index contributed by atoms with van der Waals surface area (Å²) in [6, 6.07) is 13.3. The van der Waals surface area contributed by atoms with E-state index in [0.29, 0.717) is 43.4 Å². The first kappa shape index (κ1) is 18.1. The third-order valence-corrected chi connectivity index (χ3v) is 4.18. The summed E-state index contributed by atoms with van der Waals surface area (Å²) in [5, 5.41) is 2.85. The largest absolute Gasteiger partial charge is 0.492 e. The van der Waals surface area contributed by atoms with Crippen LogP contribution in [0.4, 0.5) is 0 Å². The molecule has 0 radical (unpaired) electrons. The summed E-state index contributed by atoms with van der Waals surface area (Å²) in [6.45, 7) is 8.40. The summed E-state index contributed by atoms with van der Waals surface area (Å²) >= 11 is 0. The molecule has 0 spiro atoms. The van der Waals surface area contributed by atoms with Crippen LogP contribution in [-0.2, 0) is 5.41 Å². The zero-order valence-corrected chi connectivity index (χ0v) is 15.5. The number of rotatable bonds is 5. The van der Waals surface area contributed by atoms with Crippen molar-refractivity contribution < 1.29 is 19.0 Å². The third kappa shape index (κ3) is 4.48. The highest BCUT2D eigenvalue weighted by Crippen LogP contribution is 2.30. The summed E-state index contributed by atoms with van der Waals surface area (Å²) in [6.07, 6.45) is 0. The summed E-state index contributed by atoms with van der Waals surface area (Å²) < 4.78 is 16.7. The highest BCUT2D eigenvalue weighted by molar-refractivity contribution is 5.94. The van der Waals surface area contributed by atoms with Crippen LogP contribution in [0.15, 0.2) is 42.5 Å². The topological polar surface area (TPSA) is 56.8 Å². The lowest BCUT2D eigenvalue weighted by atomic mass is 9.87. The van der Waals surface area contributed by atoms with Gasteiger partial charge in [0.1, 0.15) is 25.6 Å². The fraction of sp³-hybridized carbons (Fsp3) is 0.381. The van der Waals surface area contributed by atoms with Crippen LogP contribution in [0.25, 0.3) is 0 Å². The van der Waals surface area contributed by atoms with Gasteiger partial charge in [0.15, 0.2) is 11.5 Å². The highest BCUT2D eigenvalue weighted by atomic mass is 16.6. The fourth-order valence-electron chi connectivity index (χ4n) is 2.67. The lowest BCUT2D eigenvalue weighted by Gasteiger charge is -2.19. The van der Waals surface area contributed by atoms with Crippen molar-refractivity contribution in [2.75, 3.05) is 26.4 Å². The zero-order valence-electron chi connectivity index (χ0n) is 15.5. The molecule has 3 rings (SSSR count). The first-order chi connectivity index (χ1) is 12.4. The Morgan fingerprint density at radius 3 is 2.42 bits per heavy atom. The van der Waals surface area contributed by atoms with Crippen molar-refractivity contribution in [3.05, 3.63) is 53.6 Å². The van der Waals surface area contributed by atoms with Crippen molar-refractivity contribution in [1.82, 2.24) is 5.32 Å². The summed E-state index contributed by atoms with van der Waals surface area (Å²) in [5.74, 6) is 1.93. The van der Waals surface area contributed by atoms with Crippen molar-refractivity contribution in [3.63, 3.8) is 0 Å². The van der Waals surface area contributed by atoms with Crippen LogP contribution in [0.1, 0.15) is 36.7 Å². The fourth-order valence-corrected chi connectivity index (χ4v) is 2.67. The molecule has 0 aliphatic carbocycles. The number of carbonyl (C=O) groups excluding carboxylic acids is 1. The van der Waals surface area contributed by atoms with Gasteiger partial charge in [0.25, 0.3) is 5.91 Å². The van der Waals surface area contributed by atoms with Crippen LogP contribution >= 0.6 is 0 Å². The molecule has 1 amide bonds. The van der Waals surface area contributed by atoms with E-state index >= 15 is 0 Å². The molecule has 0 atom stereocenters. The lowest BCUT2D eigenvalue weighted by Crippen LogP contribution is -2.28. The standard InChI is InChI=1S/C21H25NO4/c1-21(2,3)16-5-7-17(8-6-16)24-11-10-22-20(23)15-4-9-18-19(14-15)26-13-12-25-18/h4-9,14H,10-13H2,1-3H3,(H,22,23). The van der Waals surface area contributed by atoms with Gasteiger partial charge in [-0.15, -0.1) is 0 Å². The number of hydrogen-bond donors (Lipinski definition) is 1. The van der Waals surface area contributed by atoms with Gasteiger partial charge >= 0.3 is 0 Å². The van der Waals surface area contributed by atoms with Gasteiger partial charge in [-0.25, -0.2) is 0 Å². The molecule has 0 saturated heterocycles. The molecule has 1 heterocycles. The Bertz CT molecular complexity index is 763. The van der Waals surface area contributed by atoms with Crippen molar-refractivity contribution in [1.29, 1.82) is 0 Å². The molecule has 0 bridgehead atoms. The maximum atomic E-state index is 12.2. The number of hydrogen-bond acceptors (Lipinski definition) is 4. The molecule has 26 heavy (non-hydrogen) atoms. The normalized spacial score (nSPS) is 13.2. The van der Waals surface area contributed by atoms with E-state index in [-0.39, 0.29) is 11.3 Å². The Labute approximate surface area is 154 Å². The number of fused-ring (bicyclic) bond motifs is 1. The number of carbonyl (C=O) groups is 1. The number of amides is 1. The Morgan fingerprint density at radius 1 is 1.04 bits per heavy atom. The molecular weight excluding hydrogens is 330 g/mol. The molecule has 2 aromatic carbocycles. The molecule has 1 aliphatic heterocycles. The molecule has 0 saturated carbocycles. The van der Waals surface area contributed by atoms with Gasteiger partial charge in [-0.1, -0.05) is 32.9 Å². The van der Waals surface area contributed by atoms with Crippen molar-refractivity contribution in [2.24, 2.45) is 0 Å². The summed E-state index contributed by atoms with van der Waals surface area (Å²) in [7, 11) is 0. The van der Waals surface area contributed by atoms with Crippen molar-refractivity contribution >= 4 is 5.91 Å². The average Bonchev–Trinajstić information content (AvgIpc) is 2.64. The van der Waals surface area contributed by atoms with Crippen LogP contribution in [-0.4, -0.2) is 32.3 Å². The maximum Gasteiger partial charge on any atom is 0.251 e. The van der Waals surface area contributed by atoms with Gasteiger partial charge in [-0.2, -0.15) is 0 Å². The van der Waals surface area contributed by atoms with E-state index in [1.807, 2.05) is 12.1 Å². The molecule has 138 valence electrons. The Balaban J connectivity index is 1.47. The lowest BCUT2D eigenvalue weighted by molar-refractivity contribution is 0.0945. The van der Waals surface area contributed by atoms with Crippen LogP contribution < -0.4 is 19.5 Å². The first-order valence-electron chi connectivity index (χ1n) is 8.85. The first-order valence-corrected chi connectivity index (χ1v) is 8.85. The van der Waals surface area contributed by atoms with Crippen molar-refractivity contribution in [2.45, 2.75) is 26.2 Å². The minimum absolute atomic E-state index is 0.121. The maximum absolute atomic E-state index is 12.2. The SMILES string of the molecule is CC(C)(C)c1ccc(OCCNC(=O)c2ccc3c(c2)OCCO3)cc1. The second-order valence-electron chi connectivity index (χ2n) is 7.24. The van der Waals surface area contributed by atoms with Crippen LogP contribution in [0.3, 0.4) is 0 Å². The Kier molecular flexibility index (Phi) is 5.35. The predicted molar refractivity (Wildman–Crippen MR) is 100 cm³/mol. The molecule has 1 aliphatic rings. The Morgan fingerprint density at radius 2 is 1.73 bits per heavy atom. The predicted octanol–water partition coefficient (Wildman–Crippen LogP) is 3.56. The molecule has 0 unspecified atom stereocenters. The molecular formula is C21H25NO4. The van der Waals surface area contributed by atoms with Gasteiger partial charge in [-0.3, -0.25) is 4.79 Å². The summed E-state index contributed by atoms with van der Waals surface area (Å²) in [4.78, 5) is 12.2. The number of nitrogens with one attached hydrogen (secondary N) is 1. The minimum Gasteiger partial charge on any atom is -0.492 e. The minimum atomic E-state index is -0.159. The van der Waals surface area contributed by atoms with Gasteiger partial charge in [0.2, 0.25) is 0 Å². The van der Waals surface area contributed by atoms with Gasteiger partial charge in [0, 0.05) is 5.56 Å². The molecule has 1 N–H and O–H groups in total. The van der Waals surface area contributed by atoms with E-state index in [9.17, 15) is 4.79 Å². The second-order valence-corrected chi connectivity index (χ2v) is 7.24. The Hall–Kier alpha value is -2.69. The van der Waals surface area contributed by atoms with E-state index in [2.05, 4.69) is 38.2 Å². The summed E-state index contributed by atoms with van der Waals surface area (Å²) in [5.41, 5.74) is 1.93. The van der Waals surface area contributed by atoms with E-state index in [0.717, 1.165) is 5.75 Å². The van der Waals surface area contributed by atoms with E-state index in [4.69, 9.17) is 14.2 Å². The smallest absolute Gasteiger partial charge is 0.251 e. The molecule has 0 fully saturated rings. The van der Waals surface area contributed by atoms with Gasteiger partial charge < -0.3 is 19.5 Å². The number of ether oxygens (including phenoxy) is 3. The monoisotopic (exact) mass is 355 g/mol.